The van der Waals surface area contributed by atoms with Crippen LogP contribution in [0.2, 0.25) is 0 Å². The van der Waals surface area contributed by atoms with Crippen molar-refractivity contribution in [2.24, 2.45) is 11.8 Å². The number of nitrogens with zero attached hydrogens (tertiary/aromatic N) is 1. The first-order valence-electron chi connectivity index (χ1n) is 8.04. The highest BCUT2D eigenvalue weighted by molar-refractivity contribution is 5.83. The Balaban J connectivity index is 1.74. The number of hydrogen-bond donors (Lipinski definition) is 0. The molecule has 1 atom stereocenters. The maximum absolute atomic E-state index is 12.2. The van der Waals surface area contributed by atoms with Gasteiger partial charge in [-0.2, -0.15) is 0 Å². The summed E-state index contributed by atoms with van der Waals surface area (Å²) in [4.78, 5) is 14.6. The molecular weight excluding hydrogens is 222 g/mol. The standard InChI is InChI=1S/C16H29NO/c1-2-6-14-7-5-11-17(12-10-14)13-16(18)15-8-3-4-9-15/h14-15H,2-13H2,1H3. The van der Waals surface area contributed by atoms with Crippen molar-refractivity contribution in [3.05, 3.63) is 0 Å². The average Bonchev–Trinajstić information content (AvgIpc) is 2.81. The molecule has 1 aliphatic carbocycles. The van der Waals surface area contributed by atoms with Crippen molar-refractivity contribution in [3.8, 4) is 0 Å². The van der Waals surface area contributed by atoms with E-state index in [9.17, 15) is 4.79 Å². The third-order valence-electron chi connectivity index (χ3n) is 4.83. The summed E-state index contributed by atoms with van der Waals surface area (Å²) in [7, 11) is 0. The van der Waals surface area contributed by atoms with Crippen molar-refractivity contribution in [1.29, 1.82) is 0 Å². The van der Waals surface area contributed by atoms with Gasteiger partial charge in [-0.05, 0) is 51.1 Å². The third-order valence-corrected chi connectivity index (χ3v) is 4.83. The smallest absolute Gasteiger partial charge is 0.149 e. The van der Waals surface area contributed by atoms with Crippen LogP contribution >= 0.6 is 0 Å². The second kappa shape index (κ2) is 7.28. The van der Waals surface area contributed by atoms with Crippen LogP contribution < -0.4 is 0 Å². The first-order valence-corrected chi connectivity index (χ1v) is 8.04. The number of rotatable bonds is 5. The Bertz CT molecular complexity index is 258. The number of Topliss-reactive ketones (excluding diaryl/α,β-unsaturated/α-hetero) is 1. The highest BCUT2D eigenvalue weighted by Gasteiger charge is 2.25. The molecule has 1 unspecified atom stereocenters. The molecule has 1 aliphatic heterocycles. The highest BCUT2D eigenvalue weighted by Crippen LogP contribution is 2.26. The molecule has 104 valence electrons. The van der Waals surface area contributed by atoms with Crippen molar-refractivity contribution in [2.45, 2.75) is 64.7 Å². The zero-order chi connectivity index (χ0) is 12.8. The number of hydrogen-bond acceptors (Lipinski definition) is 2. The Morgan fingerprint density at radius 3 is 2.56 bits per heavy atom. The summed E-state index contributed by atoms with van der Waals surface area (Å²) in [5, 5.41) is 0. The van der Waals surface area contributed by atoms with Crippen LogP contribution in [0.15, 0.2) is 0 Å². The van der Waals surface area contributed by atoms with E-state index in [1.165, 1.54) is 44.9 Å². The SMILES string of the molecule is CCCC1CCCN(CC(=O)C2CCCC2)CC1. The van der Waals surface area contributed by atoms with Gasteiger partial charge in [-0.15, -0.1) is 0 Å². The molecular formula is C16H29NO. The minimum Gasteiger partial charge on any atom is -0.298 e. The molecule has 1 saturated heterocycles. The zero-order valence-corrected chi connectivity index (χ0v) is 12.0. The van der Waals surface area contributed by atoms with Gasteiger partial charge in [0.15, 0.2) is 0 Å². The van der Waals surface area contributed by atoms with Crippen molar-refractivity contribution in [3.63, 3.8) is 0 Å². The van der Waals surface area contributed by atoms with Crippen molar-refractivity contribution in [2.75, 3.05) is 19.6 Å². The van der Waals surface area contributed by atoms with E-state index in [4.69, 9.17) is 0 Å². The maximum Gasteiger partial charge on any atom is 0.149 e. The van der Waals surface area contributed by atoms with Gasteiger partial charge < -0.3 is 0 Å². The van der Waals surface area contributed by atoms with E-state index in [1.54, 1.807) is 0 Å². The second-order valence-electron chi connectivity index (χ2n) is 6.31. The summed E-state index contributed by atoms with van der Waals surface area (Å²) in [6.45, 7) is 5.33. The second-order valence-corrected chi connectivity index (χ2v) is 6.31. The Morgan fingerprint density at radius 2 is 1.83 bits per heavy atom. The van der Waals surface area contributed by atoms with Crippen LogP contribution in [0.5, 0.6) is 0 Å². The highest BCUT2D eigenvalue weighted by atomic mass is 16.1. The maximum atomic E-state index is 12.2. The van der Waals surface area contributed by atoms with Gasteiger partial charge in [-0.3, -0.25) is 9.69 Å². The Labute approximate surface area is 112 Å². The molecule has 0 radical (unpaired) electrons. The molecule has 0 aromatic carbocycles. The molecule has 0 bridgehead atoms. The van der Waals surface area contributed by atoms with Gasteiger partial charge in [0.2, 0.25) is 0 Å². The van der Waals surface area contributed by atoms with Crippen LogP contribution in [-0.2, 0) is 4.79 Å². The lowest BCUT2D eigenvalue weighted by Crippen LogP contribution is -2.33. The first-order chi connectivity index (χ1) is 8.79. The minimum absolute atomic E-state index is 0.402. The predicted octanol–water partition coefficient (Wildman–Crippen LogP) is 3.65. The Kier molecular flexibility index (Phi) is 5.68. The molecule has 0 aromatic heterocycles. The summed E-state index contributed by atoms with van der Waals surface area (Å²) in [5.41, 5.74) is 0. The fourth-order valence-electron chi connectivity index (χ4n) is 3.68. The van der Waals surface area contributed by atoms with Gasteiger partial charge in [0.1, 0.15) is 5.78 Å². The summed E-state index contributed by atoms with van der Waals surface area (Å²) in [6.07, 6.45) is 11.5. The number of carbonyl (C=O) groups excluding carboxylic acids is 1. The number of carbonyl (C=O) groups is 1. The third kappa shape index (κ3) is 4.08. The van der Waals surface area contributed by atoms with Gasteiger partial charge in [0.05, 0.1) is 6.54 Å². The van der Waals surface area contributed by atoms with E-state index < -0.39 is 0 Å². The molecule has 0 amide bonds. The van der Waals surface area contributed by atoms with Crippen LogP contribution in [0, 0.1) is 11.8 Å². The monoisotopic (exact) mass is 251 g/mol. The fourth-order valence-corrected chi connectivity index (χ4v) is 3.68. The van der Waals surface area contributed by atoms with Crippen LogP contribution in [0.25, 0.3) is 0 Å². The number of likely N-dealkylation sites (tertiary alicyclic amines) is 1. The minimum atomic E-state index is 0.402. The summed E-state index contributed by atoms with van der Waals surface area (Å²) < 4.78 is 0. The fraction of sp³-hybridized carbons (Fsp3) is 0.938. The molecule has 2 fully saturated rings. The largest absolute Gasteiger partial charge is 0.298 e. The molecule has 2 nitrogen and oxygen atoms in total. The average molecular weight is 251 g/mol. The van der Waals surface area contributed by atoms with Crippen LogP contribution in [0.4, 0.5) is 0 Å². The van der Waals surface area contributed by atoms with E-state index in [2.05, 4.69) is 11.8 Å². The Morgan fingerprint density at radius 1 is 1.06 bits per heavy atom. The van der Waals surface area contributed by atoms with Crippen LogP contribution in [0.3, 0.4) is 0 Å². The molecule has 2 heteroatoms. The normalized spacial score (nSPS) is 27.3. The topological polar surface area (TPSA) is 20.3 Å². The number of ketones is 1. The summed E-state index contributed by atoms with van der Waals surface area (Å²) >= 11 is 0. The predicted molar refractivity (Wildman–Crippen MR) is 75.7 cm³/mol. The lowest BCUT2D eigenvalue weighted by Gasteiger charge is -2.21. The van der Waals surface area contributed by atoms with Crippen molar-refractivity contribution >= 4 is 5.78 Å². The van der Waals surface area contributed by atoms with E-state index in [-0.39, 0.29) is 0 Å². The molecule has 0 N–H and O–H groups in total. The molecule has 0 spiro atoms. The van der Waals surface area contributed by atoms with E-state index in [1.807, 2.05) is 0 Å². The van der Waals surface area contributed by atoms with Crippen LogP contribution in [0.1, 0.15) is 64.7 Å². The molecule has 18 heavy (non-hydrogen) atoms. The van der Waals surface area contributed by atoms with Crippen molar-refractivity contribution < 1.29 is 4.79 Å². The van der Waals surface area contributed by atoms with Gasteiger partial charge in [0, 0.05) is 5.92 Å². The van der Waals surface area contributed by atoms with Crippen LogP contribution in [-0.4, -0.2) is 30.3 Å². The van der Waals surface area contributed by atoms with E-state index in [0.29, 0.717) is 11.7 Å². The summed E-state index contributed by atoms with van der Waals surface area (Å²) in [5.74, 6) is 1.85. The quantitative estimate of drug-likeness (QED) is 0.743. The van der Waals surface area contributed by atoms with E-state index in [0.717, 1.165) is 38.4 Å². The lowest BCUT2D eigenvalue weighted by molar-refractivity contribution is -0.123. The molecule has 2 aliphatic rings. The molecule has 1 heterocycles. The first kappa shape index (κ1) is 14.0. The zero-order valence-electron chi connectivity index (χ0n) is 12.0. The van der Waals surface area contributed by atoms with Gasteiger partial charge in [-0.25, -0.2) is 0 Å². The summed E-state index contributed by atoms with van der Waals surface area (Å²) in [6, 6.07) is 0. The Hall–Kier alpha value is -0.370. The van der Waals surface area contributed by atoms with E-state index >= 15 is 0 Å². The molecule has 2 rings (SSSR count). The van der Waals surface area contributed by atoms with Gasteiger partial charge in [-0.1, -0.05) is 32.6 Å². The van der Waals surface area contributed by atoms with Gasteiger partial charge >= 0.3 is 0 Å². The van der Waals surface area contributed by atoms with Gasteiger partial charge in [0.25, 0.3) is 0 Å². The molecule has 0 aromatic rings. The lowest BCUT2D eigenvalue weighted by atomic mass is 9.96. The van der Waals surface area contributed by atoms with Crippen molar-refractivity contribution in [1.82, 2.24) is 4.90 Å². The molecule has 1 saturated carbocycles.